The molecule has 0 spiro atoms. The summed E-state index contributed by atoms with van der Waals surface area (Å²) in [6.45, 7) is 4.83. The van der Waals surface area contributed by atoms with Gasteiger partial charge in [0.1, 0.15) is 18.3 Å². The number of aliphatic hydroxyl groups is 3. The number of hydrogen-bond acceptors (Lipinski definition) is 9. The summed E-state index contributed by atoms with van der Waals surface area (Å²) >= 11 is 1.26. The number of carbonyl (C=O) groups is 1. The summed E-state index contributed by atoms with van der Waals surface area (Å²) in [5.41, 5.74) is 0.806. The van der Waals surface area contributed by atoms with Crippen molar-refractivity contribution in [2.24, 2.45) is 0 Å². The van der Waals surface area contributed by atoms with Gasteiger partial charge in [0.2, 0.25) is 0 Å². The fourth-order valence-corrected chi connectivity index (χ4v) is 3.98. The number of carboxylic acids is 1. The fourth-order valence-electron chi connectivity index (χ4n) is 3.01. The summed E-state index contributed by atoms with van der Waals surface area (Å²) in [4.78, 5) is 27.2. The van der Waals surface area contributed by atoms with Crippen molar-refractivity contribution in [3.8, 4) is 0 Å². The smallest absolute Gasteiger partial charge is 0.317 e. The zero-order valence-electron chi connectivity index (χ0n) is 17.3. The van der Waals surface area contributed by atoms with Gasteiger partial charge in [0.05, 0.1) is 13.2 Å². The number of carboxylic acid groups (broad SMARTS) is 1. The van der Waals surface area contributed by atoms with Crippen LogP contribution in [0.5, 0.6) is 0 Å². The van der Waals surface area contributed by atoms with Gasteiger partial charge in [-0.2, -0.15) is 4.98 Å². The molecule has 0 bridgehead atoms. The fraction of sp³-hybridized carbons (Fsp3) is 0.550. The number of hydrogen-bond donors (Lipinski definition) is 5. The molecule has 1 aliphatic heterocycles. The molecular weight excluding hydrogens is 426 g/mol. The van der Waals surface area contributed by atoms with E-state index in [0.717, 1.165) is 18.4 Å². The Morgan fingerprint density at radius 3 is 2.77 bits per heavy atom. The number of aliphatic hydroxyl groups excluding tert-OH is 3. The number of rotatable bonds is 12. The first kappa shape index (κ1) is 25.2. The highest BCUT2D eigenvalue weighted by Crippen LogP contribution is 2.32. The van der Waals surface area contributed by atoms with Gasteiger partial charge in [-0.1, -0.05) is 29.5 Å². The van der Waals surface area contributed by atoms with Gasteiger partial charge in [-0.05, 0) is 19.8 Å². The molecule has 1 aromatic heterocycles. The highest BCUT2D eigenvalue weighted by molar-refractivity contribution is 7.99. The van der Waals surface area contributed by atoms with Crippen molar-refractivity contribution in [1.82, 2.24) is 14.9 Å². The van der Waals surface area contributed by atoms with Crippen LogP contribution in [0.25, 0.3) is 0 Å². The van der Waals surface area contributed by atoms with Crippen LogP contribution in [0.1, 0.15) is 31.6 Å². The Morgan fingerprint density at radius 2 is 2.16 bits per heavy atom. The summed E-state index contributed by atoms with van der Waals surface area (Å²) in [5, 5.41) is 41.6. The molecule has 0 amide bonds. The second kappa shape index (κ2) is 12.1. The van der Waals surface area contributed by atoms with Crippen molar-refractivity contribution in [3.63, 3.8) is 0 Å². The minimum Gasteiger partial charge on any atom is -0.480 e. The van der Waals surface area contributed by atoms with Gasteiger partial charge in [0.15, 0.2) is 11.4 Å². The monoisotopic (exact) mass is 455 g/mol. The van der Waals surface area contributed by atoms with Gasteiger partial charge in [0.25, 0.3) is 5.56 Å². The van der Waals surface area contributed by atoms with Crippen LogP contribution in [0.2, 0.25) is 0 Å². The summed E-state index contributed by atoms with van der Waals surface area (Å²) in [6.07, 6.45) is 2.31. The molecule has 5 N–H and O–H groups in total. The molecule has 0 saturated carbocycles. The first-order valence-electron chi connectivity index (χ1n) is 9.84. The van der Waals surface area contributed by atoms with Crippen LogP contribution in [-0.2, 0) is 16.1 Å². The van der Waals surface area contributed by atoms with Crippen LogP contribution >= 0.6 is 11.8 Å². The summed E-state index contributed by atoms with van der Waals surface area (Å²) in [5.74, 6) is -0.552. The second-order valence-electron chi connectivity index (χ2n) is 7.18. The summed E-state index contributed by atoms with van der Waals surface area (Å²) in [6, 6.07) is 0. The highest BCUT2D eigenvalue weighted by Gasteiger charge is 2.44. The van der Waals surface area contributed by atoms with E-state index in [1.165, 1.54) is 22.5 Å². The first-order valence-corrected chi connectivity index (χ1v) is 10.8. The molecule has 1 fully saturated rings. The SMILES string of the molecule is C=CCC/C(C)=C/CSc1nc(=O)c(CNCC(=O)O)cn1[C@@H]1O[C@H](CO)C(O)[C@@H]1O. The van der Waals surface area contributed by atoms with Crippen molar-refractivity contribution in [1.29, 1.82) is 0 Å². The number of nitrogens with zero attached hydrogens (tertiary/aromatic N) is 2. The van der Waals surface area contributed by atoms with E-state index in [-0.39, 0.29) is 23.8 Å². The highest BCUT2D eigenvalue weighted by atomic mass is 32.2. The molecule has 4 atom stereocenters. The van der Waals surface area contributed by atoms with E-state index in [1.54, 1.807) is 0 Å². The van der Waals surface area contributed by atoms with Crippen molar-refractivity contribution in [2.75, 3.05) is 18.9 Å². The molecule has 0 aliphatic carbocycles. The predicted octanol–water partition coefficient (Wildman–Crippen LogP) is 0.0336. The van der Waals surface area contributed by atoms with E-state index >= 15 is 0 Å². The maximum absolute atomic E-state index is 12.4. The van der Waals surface area contributed by atoms with E-state index in [0.29, 0.717) is 5.75 Å². The lowest BCUT2D eigenvalue weighted by molar-refractivity contribution is -0.136. The molecule has 2 rings (SSSR count). The Hall–Kier alpha value is -2.02. The lowest BCUT2D eigenvalue weighted by Gasteiger charge is -2.22. The Bertz CT molecular complexity index is 858. The van der Waals surface area contributed by atoms with Gasteiger partial charge in [-0.15, -0.1) is 6.58 Å². The van der Waals surface area contributed by atoms with Gasteiger partial charge in [0, 0.05) is 24.1 Å². The molecule has 1 aromatic rings. The van der Waals surface area contributed by atoms with Crippen molar-refractivity contribution in [2.45, 2.75) is 56.0 Å². The molecule has 2 heterocycles. The Kier molecular flexibility index (Phi) is 9.88. The standard InChI is InChI=1S/C20H29N3O7S/c1-3-4-5-12(2)6-7-31-20-22-18(29)13(8-21-9-15(25)26)10-23(20)19-17(28)16(27)14(11-24)30-19/h3,6,10,14,16-17,19,21,24,27-28H,1,4-5,7-9,11H2,2H3,(H,25,26)/b12-6+/t14-,16?,17+,19-/m1/s1. The molecule has 0 radical (unpaired) electrons. The first-order chi connectivity index (χ1) is 14.8. The van der Waals surface area contributed by atoms with Gasteiger partial charge < -0.3 is 30.5 Å². The normalized spacial score (nSPS) is 23.8. The maximum atomic E-state index is 12.4. The van der Waals surface area contributed by atoms with Crippen LogP contribution in [0.4, 0.5) is 0 Å². The third-order valence-corrected chi connectivity index (χ3v) is 5.65. The molecule has 172 valence electrons. The zero-order valence-corrected chi connectivity index (χ0v) is 18.1. The minimum atomic E-state index is -1.34. The quantitative estimate of drug-likeness (QED) is 0.166. The van der Waals surface area contributed by atoms with Crippen LogP contribution in [0.3, 0.4) is 0 Å². The minimum absolute atomic E-state index is 0.0432. The third kappa shape index (κ3) is 6.99. The number of aliphatic carboxylic acids is 1. The molecule has 1 saturated heterocycles. The van der Waals surface area contributed by atoms with Crippen molar-refractivity contribution < 1.29 is 30.0 Å². The summed E-state index contributed by atoms with van der Waals surface area (Å²) in [7, 11) is 0. The average molecular weight is 456 g/mol. The van der Waals surface area contributed by atoms with Gasteiger partial charge in [-0.3, -0.25) is 14.2 Å². The van der Waals surface area contributed by atoms with Crippen LogP contribution in [0.15, 0.2) is 40.5 Å². The zero-order chi connectivity index (χ0) is 23.0. The van der Waals surface area contributed by atoms with E-state index in [1.807, 2.05) is 19.1 Å². The molecule has 10 nitrogen and oxygen atoms in total. The Balaban J connectivity index is 2.30. The molecule has 31 heavy (non-hydrogen) atoms. The average Bonchev–Trinajstić information content (AvgIpc) is 3.01. The molecule has 1 aliphatic rings. The topological polar surface area (TPSA) is 154 Å². The van der Waals surface area contributed by atoms with E-state index in [4.69, 9.17) is 9.84 Å². The molecule has 1 unspecified atom stereocenters. The Morgan fingerprint density at radius 1 is 1.42 bits per heavy atom. The predicted molar refractivity (Wildman–Crippen MR) is 115 cm³/mol. The van der Waals surface area contributed by atoms with E-state index < -0.39 is 42.7 Å². The number of nitrogens with one attached hydrogen (secondary N) is 1. The molecular formula is C20H29N3O7S. The number of allylic oxidation sites excluding steroid dienone is 2. The van der Waals surface area contributed by atoms with Crippen LogP contribution in [0, 0.1) is 0 Å². The van der Waals surface area contributed by atoms with Crippen LogP contribution in [-0.4, -0.2) is 73.2 Å². The van der Waals surface area contributed by atoms with E-state index in [2.05, 4.69) is 16.9 Å². The van der Waals surface area contributed by atoms with Crippen molar-refractivity contribution in [3.05, 3.63) is 46.4 Å². The second-order valence-corrected chi connectivity index (χ2v) is 8.16. The third-order valence-electron chi connectivity index (χ3n) is 4.76. The van der Waals surface area contributed by atoms with Crippen LogP contribution < -0.4 is 10.9 Å². The molecule has 0 aromatic carbocycles. The van der Waals surface area contributed by atoms with Gasteiger partial charge >= 0.3 is 5.97 Å². The summed E-state index contributed by atoms with van der Waals surface area (Å²) < 4.78 is 7.04. The number of aromatic nitrogens is 2. The maximum Gasteiger partial charge on any atom is 0.317 e. The molecule has 11 heteroatoms. The number of ether oxygens (including phenoxy) is 1. The van der Waals surface area contributed by atoms with Crippen molar-refractivity contribution >= 4 is 17.7 Å². The van der Waals surface area contributed by atoms with E-state index in [9.17, 15) is 24.9 Å². The largest absolute Gasteiger partial charge is 0.480 e. The lowest BCUT2D eigenvalue weighted by atomic mass is 10.1. The van der Waals surface area contributed by atoms with Gasteiger partial charge in [-0.25, -0.2) is 0 Å². The lowest BCUT2D eigenvalue weighted by Crippen LogP contribution is -2.34. The Labute approximate surface area is 184 Å². The number of thioether (sulfide) groups is 1.